The molecule has 2 fully saturated rings. The van der Waals surface area contributed by atoms with Gasteiger partial charge >= 0.3 is 0 Å². The van der Waals surface area contributed by atoms with Crippen LogP contribution in [0.3, 0.4) is 0 Å². The first kappa shape index (κ1) is 14.7. The van der Waals surface area contributed by atoms with E-state index >= 15 is 0 Å². The lowest BCUT2D eigenvalue weighted by Crippen LogP contribution is -2.39. The molecule has 0 atom stereocenters. The number of likely N-dealkylation sites (tertiary alicyclic amines) is 1. The SMILES string of the molecule is CCc1nn(C)c(N2CCC(CN3CCCC3)CC2)c1N. The van der Waals surface area contributed by atoms with Crippen LogP contribution in [0.25, 0.3) is 0 Å². The Labute approximate surface area is 128 Å². The summed E-state index contributed by atoms with van der Waals surface area (Å²) in [4.78, 5) is 5.08. The van der Waals surface area contributed by atoms with E-state index in [1.54, 1.807) is 0 Å². The van der Waals surface area contributed by atoms with E-state index in [9.17, 15) is 0 Å². The van der Waals surface area contributed by atoms with Crippen LogP contribution in [0.5, 0.6) is 0 Å². The smallest absolute Gasteiger partial charge is 0.150 e. The van der Waals surface area contributed by atoms with Gasteiger partial charge in [0.25, 0.3) is 0 Å². The molecule has 0 aromatic carbocycles. The molecule has 0 amide bonds. The van der Waals surface area contributed by atoms with Crippen molar-refractivity contribution in [3.8, 4) is 0 Å². The molecule has 0 spiro atoms. The fraction of sp³-hybridized carbons (Fsp3) is 0.812. The Hall–Kier alpha value is -1.23. The molecule has 0 unspecified atom stereocenters. The summed E-state index contributed by atoms with van der Waals surface area (Å²) in [5, 5.41) is 4.55. The molecule has 5 heteroatoms. The summed E-state index contributed by atoms with van der Waals surface area (Å²) in [5.41, 5.74) is 8.20. The van der Waals surface area contributed by atoms with Crippen molar-refractivity contribution in [2.75, 3.05) is 43.4 Å². The molecule has 3 rings (SSSR count). The van der Waals surface area contributed by atoms with Crippen molar-refractivity contribution in [3.05, 3.63) is 5.69 Å². The Balaban J connectivity index is 1.59. The molecule has 0 saturated carbocycles. The van der Waals surface area contributed by atoms with E-state index in [2.05, 4.69) is 21.8 Å². The maximum atomic E-state index is 6.28. The molecule has 2 aliphatic rings. The first-order chi connectivity index (χ1) is 10.2. The van der Waals surface area contributed by atoms with Gasteiger partial charge in [0.1, 0.15) is 5.82 Å². The monoisotopic (exact) mass is 291 g/mol. The van der Waals surface area contributed by atoms with Crippen molar-refractivity contribution in [1.29, 1.82) is 0 Å². The first-order valence-electron chi connectivity index (χ1n) is 8.47. The number of hydrogen-bond acceptors (Lipinski definition) is 4. The lowest BCUT2D eigenvalue weighted by atomic mass is 9.96. The maximum Gasteiger partial charge on any atom is 0.150 e. The third kappa shape index (κ3) is 3.03. The second-order valence-electron chi connectivity index (χ2n) is 6.60. The molecule has 0 radical (unpaired) electrons. The molecule has 2 saturated heterocycles. The fourth-order valence-corrected chi connectivity index (χ4v) is 3.88. The topological polar surface area (TPSA) is 50.3 Å². The van der Waals surface area contributed by atoms with Gasteiger partial charge < -0.3 is 15.5 Å². The van der Waals surface area contributed by atoms with E-state index in [0.717, 1.165) is 42.6 Å². The number of rotatable bonds is 4. The van der Waals surface area contributed by atoms with Crippen molar-refractivity contribution < 1.29 is 0 Å². The number of nitrogen functional groups attached to an aromatic ring is 1. The van der Waals surface area contributed by atoms with Crippen LogP contribution >= 0.6 is 0 Å². The average Bonchev–Trinajstić information content (AvgIpc) is 3.08. The molecular weight excluding hydrogens is 262 g/mol. The van der Waals surface area contributed by atoms with Crippen LogP contribution in [0, 0.1) is 5.92 Å². The predicted molar refractivity (Wildman–Crippen MR) is 87.6 cm³/mol. The predicted octanol–water partition coefficient (Wildman–Crippen LogP) is 1.88. The zero-order valence-electron chi connectivity index (χ0n) is 13.5. The van der Waals surface area contributed by atoms with E-state index < -0.39 is 0 Å². The summed E-state index contributed by atoms with van der Waals surface area (Å²) in [6.07, 6.45) is 6.25. The summed E-state index contributed by atoms with van der Waals surface area (Å²) >= 11 is 0. The number of nitrogens with two attached hydrogens (primary N) is 1. The Morgan fingerprint density at radius 3 is 2.38 bits per heavy atom. The van der Waals surface area contributed by atoms with Crippen molar-refractivity contribution in [1.82, 2.24) is 14.7 Å². The molecule has 3 heterocycles. The van der Waals surface area contributed by atoms with E-state index in [-0.39, 0.29) is 0 Å². The standard InChI is InChI=1S/C16H29N5/c1-3-14-15(17)16(19(2)18-14)21-10-6-13(7-11-21)12-20-8-4-5-9-20/h13H,3-12,17H2,1-2H3. The van der Waals surface area contributed by atoms with Gasteiger partial charge in [0.2, 0.25) is 0 Å². The highest BCUT2D eigenvalue weighted by atomic mass is 15.4. The van der Waals surface area contributed by atoms with Gasteiger partial charge in [-0.1, -0.05) is 6.92 Å². The quantitative estimate of drug-likeness (QED) is 0.920. The van der Waals surface area contributed by atoms with Crippen molar-refractivity contribution in [2.45, 2.75) is 39.0 Å². The van der Waals surface area contributed by atoms with Gasteiger partial charge in [-0.3, -0.25) is 4.68 Å². The largest absolute Gasteiger partial charge is 0.394 e. The summed E-state index contributed by atoms with van der Waals surface area (Å²) < 4.78 is 1.97. The fourth-order valence-electron chi connectivity index (χ4n) is 3.88. The molecule has 21 heavy (non-hydrogen) atoms. The number of anilines is 2. The Morgan fingerprint density at radius 1 is 1.14 bits per heavy atom. The number of hydrogen-bond donors (Lipinski definition) is 1. The summed E-state index contributed by atoms with van der Waals surface area (Å²) in [6.45, 7) is 8.28. The lowest BCUT2D eigenvalue weighted by Gasteiger charge is -2.35. The molecule has 1 aromatic heterocycles. The summed E-state index contributed by atoms with van der Waals surface area (Å²) in [7, 11) is 2.02. The first-order valence-corrected chi connectivity index (χ1v) is 8.47. The molecular formula is C16H29N5. The van der Waals surface area contributed by atoms with Crippen LogP contribution in [-0.4, -0.2) is 47.4 Å². The summed E-state index contributed by atoms with van der Waals surface area (Å²) in [5.74, 6) is 1.99. The van der Waals surface area contributed by atoms with Gasteiger partial charge in [0.05, 0.1) is 11.4 Å². The van der Waals surface area contributed by atoms with E-state index in [4.69, 9.17) is 5.73 Å². The highest BCUT2D eigenvalue weighted by Crippen LogP contribution is 2.30. The Morgan fingerprint density at radius 2 is 1.81 bits per heavy atom. The highest BCUT2D eigenvalue weighted by Gasteiger charge is 2.26. The average molecular weight is 291 g/mol. The second-order valence-corrected chi connectivity index (χ2v) is 6.60. The van der Waals surface area contributed by atoms with Crippen LogP contribution in [0.2, 0.25) is 0 Å². The zero-order valence-corrected chi connectivity index (χ0v) is 13.5. The minimum atomic E-state index is 0.861. The molecule has 1 aromatic rings. The minimum Gasteiger partial charge on any atom is -0.394 e. The third-order valence-corrected chi connectivity index (χ3v) is 5.09. The van der Waals surface area contributed by atoms with Gasteiger partial charge in [-0.05, 0) is 51.1 Å². The van der Waals surface area contributed by atoms with Gasteiger partial charge in [-0.15, -0.1) is 0 Å². The number of aromatic nitrogens is 2. The molecule has 2 aliphatic heterocycles. The van der Waals surface area contributed by atoms with Crippen molar-refractivity contribution in [3.63, 3.8) is 0 Å². The van der Waals surface area contributed by atoms with Crippen LogP contribution in [0.1, 0.15) is 38.3 Å². The van der Waals surface area contributed by atoms with Crippen molar-refractivity contribution in [2.24, 2.45) is 13.0 Å². The van der Waals surface area contributed by atoms with Gasteiger partial charge in [-0.25, -0.2) is 0 Å². The maximum absolute atomic E-state index is 6.28. The van der Waals surface area contributed by atoms with Crippen LogP contribution in [0.4, 0.5) is 11.5 Å². The van der Waals surface area contributed by atoms with Crippen LogP contribution in [0.15, 0.2) is 0 Å². The number of nitrogens with zero attached hydrogens (tertiary/aromatic N) is 4. The third-order valence-electron chi connectivity index (χ3n) is 5.09. The molecule has 0 aliphatic carbocycles. The van der Waals surface area contributed by atoms with E-state index in [0.29, 0.717) is 0 Å². The molecule has 5 nitrogen and oxygen atoms in total. The number of piperidine rings is 1. The van der Waals surface area contributed by atoms with Gasteiger partial charge in [0.15, 0.2) is 0 Å². The Kier molecular flexibility index (Phi) is 4.38. The highest BCUT2D eigenvalue weighted by molar-refractivity contribution is 5.66. The minimum absolute atomic E-state index is 0.861. The molecule has 2 N–H and O–H groups in total. The molecule has 0 bridgehead atoms. The van der Waals surface area contributed by atoms with E-state index in [1.165, 1.54) is 45.3 Å². The van der Waals surface area contributed by atoms with Crippen LogP contribution in [-0.2, 0) is 13.5 Å². The van der Waals surface area contributed by atoms with Gasteiger partial charge in [-0.2, -0.15) is 5.10 Å². The van der Waals surface area contributed by atoms with Crippen molar-refractivity contribution >= 4 is 11.5 Å². The normalized spacial score (nSPS) is 21.3. The number of aryl methyl sites for hydroxylation is 2. The van der Waals surface area contributed by atoms with E-state index in [1.807, 2.05) is 11.7 Å². The molecule has 118 valence electrons. The second kappa shape index (κ2) is 6.26. The van der Waals surface area contributed by atoms with Gasteiger partial charge in [0, 0.05) is 26.7 Å². The summed E-state index contributed by atoms with van der Waals surface area (Å²) in [6, 6.07) is 0. The zero-order chi connectivity index (χ0) is 14.8. The van der Waals surface area contributed by atoms with Crippen LogP contribution < -0.4 is 10.6 Å². The Bertz CT molecular complexity index is 467. The lowest BCUT2D eigenvalue weighted by molar-refractivity contribution is 0.249.